The summed E-state index contributed by atoms with van der Waals surface area (Å²) in [5, 5.41) is 13.8. The number of benzene rings is 1. The van der Waals surface area contributed by atoms with E-state index in [9.17, 15) is 9.90 Å². The highest BCUT2D eigenvalue weighted by molar-refractivity contribution is 9.10. The molecule has 1 heterocycles. The van der Waals surface area contributed by atoms with Crippen LogP contribution in [0.15, 0.2) is 16.6 Å². The van der Waals surface area contributed by atoms with Crippen LogP contribution in [0.25, 0.3) is 5.69 Å². The summed E-state index contributed by atoms with van der Waals surface area (Å²) in [7, 11) is 0. The van der Waals surface area contributed by atoms with Crippen molar-refractivity contribution in [2.75, 3.05) is 5.73 Å². The third kappa shape index (κ3) is 2.33. The van der Waals surface area contributed by atoms with Gasteiger partial charge in [0.1, 0.15) is 0 Å². The van der Waals surface area contributed by atoms with Crippen LogP contribution >= 0.6 is 27.5 Å². The highest BCUT2D eigenvalue weighted by Crippen LogP contribution is 2.31. The number of halogens is 2. The van der Waals surface area contributed by atoms with Crippen molar-refractivity contribution in [2.45, 2.75) is 13.8 Å². The van der Waals surface area contributed by atoms with Crippen LogP contribution in [0.5, 0.6) is 0 Å². The number of aryl methyl sites for hydroxylation is 1. The van der Waals surface area contributed by atoms with Gasteiger partial charge in [0.15, 0.2) is 0 Å². The SMILES string of the molecule is Cc1nn(-c2c(Cl)cc(N)cc2C(=O)O)c(C)c1Br. The van der Waals surface area contributed by atoms with E-state index in [0.29, 0.717) is 11.4 Å². The molecule has 0 bridgehead atoms. The highest BCUT2D eigenvalue weighted by Gasteiger charge is 2.20. The Morgan fingerprint density at radius 2 is 2.11 bits per heavy atom. The van der Waals surface area contributed by atoms with Crippen molar-refractivity contribution >= 4 is 39.2 Å². The van der Waals surface area contributed by atoms with E-state index in [0.717, 1.165) is 15.9 Å². The molecule has 1 aromatic heterocycles. The maximum Gasteiger partial charge on any atom is 0.338 e. The molecule has 0 atom stereocenters. The third-order valence-electron chi connectivity index (χ3n) is 2.73. The van der Waals surface area contributed by atoms with Crippen LogP contribution in [0.2, 0.25) is 5.02 Å². The number of aromatic nitrogens is 2. The Morgan fingerprint density at radius 3 is 2.58 bits per heavy atom. The number of aromatic carboxylic acids is 1. The first-order valence-corrected chi connectivity index (χ1v) is 6.54. The molecule has 0 saturated carbocycles. The zero-order valence-corrected chi connectivity index (χ0v) is 12.6. The van der Waals surface area contributed by atoms with Crippen LogP contribution in [0.4, 0.5) is 5.69 Å². The van der Waals surface area contributed by atoms with E-state index in [4.69, 9.17) is 17.3 Å². The molecule has 0 spiro atoms. The van der Waals surface area contributed by atoms with Gasteiger partial charge in [-0.05, 0) is 41.9 Å². The summed E-state index contributed by atoms with van der Waals surface area (Å²) >= 11 is 9.53. The lowest BCUT2D eigenvalue weighted by Gasteiger charge is -2.11. The summed E-state index contributed by atoms with van der Waals surface area (Å²) in [5.41, 5.74) is 7.78. The molecule has 3 N–H and O–H groups in total. The van der Waals surface area contributed by atoms with Gasteiger partial charge in [-0.25, -0.2) is 9.48 Å². The molecule has 0 amide bonds. The molecule has 0 aliphatic rings. The van der Waals surface area contributed by atoms with Gasteiger partial charge in [-0.3, -0.25) is 0 Å². The Labute approximate surface area is 123 Å². The van der Waals surface area contributed by atoms with Crippen molar-refractivity contribution in [3.63, 3.8) is 0 Å². The molecule has 0 aliphatic carbocycles. The molecule has 0 unspecified atom stereocenters. The Morgan fingerprint density at radius 1 is 1.47 bits per heavy atom. The van der Waals surface area contributed by atoms with Crippen molar-refractivity contribution < 1.29 is 9.90 Å². The highest BCUT2D eigenvalue weighted by atomic mass is 79.9. The van der Waals surface area contributed by atoms with Crippen LogP contribution in [-0.2, 0) is 0 Å². The van der Waals surface area contributed by atoms with E-state index in [-0.39, 0.29) is 10.6 Å². The Hall–Kier alpha value is -1.53. The summed E-state index contributed by atoms with van der Waals surface area (Å²) in [4.78, 5) is 11.3. The monoisotopic (exact) mass is 343 g/mol. The average Bonchev–Trinajstić information content (AvgIpc) is 2.56. The number of carboxylic acids is 1. The molecular weight excluding hydrogens is 334 g/mol. The number of hydrogen-bond donors (Lipinski definition) is 2. The van der Waals surface area contributed by atoms with Crippen LogP contribution in [0.3, 0.4) is 0 Å². The molecule has 0 radical (unpaired) electrons. The molecule has 1 aromatic carbocycles. The summed E-state index contributed by atoms with van der Waals surface area (Å²) in [6, 6.07) is 2.88. The first-order chi connectivity index (χ1) is 8.82. The van der Waals surface area contributed by atoms with E-state index >= 15 is 0 Å². The van der Waals surface area contributed by atoms with E-state index < -0.39 is 5.97 Å². The van der Waals surface area contributed by atoms with Crippen LogP contribution in [0, 0.1) is 13.8 Å². The molecule has 5 nitrogen and oxygen atoms in total. The predicted octanol–water partition coefficient (Wildman–Crippen LogP) is 3.19. The number of carbonyl (C=O) groups is 1. The zero-order chi connectivity index (χ0) is 14.3. The van der Waals surface area contributed by atoms with Gasteiger partial charge >= 0.3 is 5.97 Å². The topological polar surface area (TPSA) is 81.1 Å². The molecule has 0 aliphatic heterocycles. The van der Waals surface area contributed by atoms with Gasteiger partial charge in [0.05, 0.1) is 32.1 Å². The minimum Gasteiger partial charge on any atom is -0.478 e. The zero-order valence-electron chi connectivity index (χ0n) is 10.2. The maximum atomic E-state index is 11.3. The van der Waals surface area contributed by atoms with E-state index in [1.807, 2.05) is 13.8 Å². The van der Waals surface area contributed by atoms with Crippen LogP contribution < -0.4 is 5.73 Å². The van der Waals surface area contributed by atoms with Gasteiger partial charge in [0.25, 0.3) is 0 Å². The number of hydrogen-bond acceptors (Lipinski definition) is 3. The number of rotatable bonds is 2. The number of carboxylic acid groups (broad SMARTS) is 1. The minimum atomic E-state index is -1.10. The fourth-order valence-corrected chi connectivity index (χ4v) is 2.39. The number of nitrogen functional groups attached to an aromatic ring is 1. The fourth-order valence-electron chi connectivity index (χ4n) is 1.84. The lowest BCUT2D eigenvalue weighted by Crippen LogP contribution is -2.09. The predicted molar refractivity (Wildman–Crippen MR) is 77.1 cm³/mol. The van der Waals surface area contributed by atoms with E-state index in [1.54, 1.807) is 0 Å². The summed E-state index contributed by atoms with van der Waals surface area (Å²) in [6.07, 6.45) is 0. The molecule has 100 valence electrons. The van der Waals surface area contributed by atoms with Gasteiger partial charge in [-0.2, -0.15) is 5.10 Å². The standard InChI is InChI=1S/C12H11BrClN3O2/c1-5-10(13)6(2)17(16-5)11-8(12(18)19)3-7(15)4-9(11)14/h3-4H,15H2,1-2H3,(H,18,19). The third-order valence-corrected chi connectivity index (χ3v) is 4.17. The van der Waals surface area contributed by atoms with Gasteiger partial charge in [0, 0.05) is 5.69 Å². The Bertz CT molecular complexity index is 682. The second-order valence-corrected chi connectivity index (χ2v) is 5.30. The number of anilines is 1. The summed E-state index contributed by atoms with van der Waals surface area (Å²) < 4.78 is 2.32. The maximum absolute atomic E-state index is 11.3. The Balaban J connectivity index is 2.81. The van der Waals surface area contributed by atoms with Gasteiger partial charge in [0.2, 0.25) is 0 Å². The van der Waals surface area contributed by atoms with Gasteiger partial charge < -0.3 is 10.8 Å². The second kappa shape index (κ2) is 4.86. The van der Waals surface area contributed by atoms with Gasteiger partial charge in [-0.1, -0.05) is 11.6 Å². The van der Waals surface area contributed by atoms with Crippen molar-refractivity contribution in [3.05, 3.63) is 38.6 Å². The van der Waals surface area contributed by atoms with E-state index in [1.165, 1.54) is 16.8 Å². The molecule has 2 aromatic rings. The molecule has 7 heteroatoms. The fraction of sp³-hybridized carbons (Fsp3) is 0.167. The van der Waals surface area contributed by atoms with Crippen molar-refractivity contribution in [3.8, 4) is 5.69 Å². The molecule has 0 saturated heterocycles. The summed E-state index contributed by atoms with van der Waals surface area (Å²) in [5.74, 6) is -1.10. The Kier molecular flexibility index (Phi) is 3.56. The first kappa shape index (κ1) is 13.9. The average molecular weight is 345 g/mol. The number of nitrogens with two attached hydrogens (primary N) is 1. The smallest absolute Gasteiger partial charge is 0.338 e. The van der Waals surface area contributed by atoms with Crippen molar-refractivity contribution in [1.29, 1.82) is 0 Å². The normalized spacial score (nSPS) is 10.7. The van der Waals surface area contributed by atoms with Crippen LogP contribution in [-0.4, -0.2) is 20.9 Å². The van der Waals surface area contributed by atoms with E-state index in [2.05, 4.69) is 21.0 Å². The molecule has 2 rings (SSSR count). The largest absolute Gasteiger partial charge is 0.478 e. The van der Waals surface area contributed by atoms with Crippen molar-refractivity contribution in [2.24, 2.45) is 0 Å². The lowest BCUT2D eigenvalue weighted by molar-refractivity contribution is 0.0697. The summed E-state index contributed by atoms with van der Waals surface area (Å²) in [6.45, 7) is 3.64. The van der Waals surface area contributed by atoms with Crippen molar-refractivity contribution in [1.82, 2.24) is 9.78 Å². The molecule has 0 fully saturated rings. The lowest BCUT2D eigenvalue weighted by atomic mass is 10.1. The van der Waals surface area contributed by atoms with Crippen LogP contribution in [0.1, 0.15) is 21.7 Å². The molecular formula is C12H11BrClN3O2. The molecule has 19 heavy (non-hydrogen) atoms. The minimum absolute atomic E-state index is 0.0168. The quantitative estimate of drug-likeness (QED) is 0.820. The first-order valence-electron chi connectivity index (χ1n) is 5.37. The second-order valence-electron chi connectivity index (χ2n) is 4.10. The number of nitrogens with zero attached hydrogens (tertiary/aromatic N) is 2. The van der Waals surface area contributed by atoms with Gasteiger partial charge in [-0.15, -0.1) is 0 Å².